The number of carbonyl (C=O) groups is 1. The molecule has 1 unspecified atom stereocenters. The first-order valence-corrected chi connectivity index (χ1v) is 6.12. The van der Waals surface area contributed by atoms with Crippen molar-refractivity contribution in [2.75, 3.05) is 14.2 Å². The minimum Gasteiger partial charge on any atom is -0.495 e. The minimum atomic E-state index is -0.806. The van der Waals surface area contributed by atoms with Gasteiger partial charge in [-0.2, -0.15) is 0 Å². The van der Waals surface area contributed by atoms with Crippen molar-refractivity contribution in [2.24, 2.45) is 0 Å². The lowest BCUT2D eigenvalue weighted by atomic mass is 10.1. The molecule has 18 heavy (non-hydrogen) atoms. The molecule has 0 saturated carbocycles. The van der Waals surface area contributed by atoms with Gasteiger partial charge >= 0.3 is 5.97 Å². The highest BCUT2D eigenvalue weighted by Gasteiger charge is 2.20. The lowest BCUT2D eigenvalue weighted by Crippen LogP contribution is -2.37. The number of carboxylic acids is 1. The van der Waals surface area contributed by atoms with E-state index < -0.39 is 12.0 Å². The van der Waals surface area contributed by atoms with Crippen molar-refractivity contribution in [3.63, 3.8) is 0 Å². The smallest absolute Gasteiger partial charge is 0.320 e. The highest BCUT2D eigenvalue weighted by Crippen LogP contribution is 2.25. The van der Waals surface area contributed by atoms with Gasteiger partial charge in [-0.1, -0.05) is 24.6 Å². The van der Waals surface area contributed by atoms with Gasteiger partial charge in [0.15, 0.2) is 0 Å². The third kappa shape index (κ3) is 3.62. The average molecular weight is 272 g/mol. The number of likely N-dealkylation sites (N-methyl/N-ethyl adjacent to an activating group) is 1. The fourth-order valence-electron chi connectivity index (χ4n) is 1.88. The molecule has 0 spiro atoms. The number of aliphatic carboxylic acids is 1. The fraction of sp³-hybridized carbons (Fsp3) is 0.462. The highest BCUT2D eigenvalue weighted by molar-refractivity contribution is 6.32. The Bertz CT molecular complexity index is 423. The summed E-state index contributed by atoms with van der Waals surface area (Å²) < 4.78 is 5.07. The van der Waals surface area contributed by atoms with E-state index in [1.54, 1.807) is 31.2 Å². The van der Waals surface area contributed by atoms with Crippen molar-refractivity contribution >= 4 is 17.6 Å². The molecule has 1 aromatic rings. The van der Waals surface area contributed by atoms with Crippen molar-refractivity contribution in [1.29, 1.82) is 0 Å². The molecule has 0 amide bonds. The van der Waals surface area contributed by atoms with Crippen LogP contribution in [0.5, 0.6) is 5.75 Å². The van der Waals surface area contributed by atoms with Crippen LogP contribution < -0.4 is 4.74 Å². The van der Waals surface area contributed by atoms with Gasteiger partial charge in [-0.3, -0.25) is 9.69 Å². The largest absolute Gasteiger partial charge is 0.495 e. The van der Waals surface area contributed by atoms with Crippen molar-refractivity contribution in [1.82, 2.24) is 4.90 Å². The Labute approximate surface area is 112 Å². The molecule has 1 rings (SSSR count). The third-order valence-corrected chi connectivity index (χ3v) is 3.15. The summed E-state index contributed by atoms with van der Waals surface area (Å²) in [5, 5.41) is 9.60. The first-order valence-electron chi connectivity index (χ1n) is 5.75. The number of ether oxygens (including phenoxy) is 1. The van der Waals surface area contributed by atoms with Gasteiger partial charge in [0, 0.05) is 6.54 Å². The fourth-order valence-corrected chi connectivity index (χ4v) is 2.16. The molecule has 0 saturated heterocycles. The zero-order chi connectivity index (χ0) is 13.7. The number of halogens is 1. The van der Waals surface area contributed by atoms with Crippen LogP contribution in [0, 0.1) is 0 Å². The molecule has 0 radical (unpaired) electrons. The van der Waals surface area contributed by atoms with E-state index in [0.29, 0.717) is 23.7 Å². The normalized spacial score (nSPS) is 12.5. The van der Waals surface area contributed by atoms with Crippen molar-refractivity contribution in [3.8, 4) is 5.75 Å². The Morgan fingerprint density at radius 2 is 2.22 bits per heavy atom. The Balaban J connectivity index is 2.78. The number of hydrogen-bond donors (Lipinski definition) is 1. The average Bonchev–Trinajstić information content (AvgIpc) is 2.29. The summed E-state index contributed by atoms with van der Waals surface area (Å²) in [6, 6.07) is 4.99. The molecule has 0 aliphatic carbocycles. The molecule has 0 aliphatic rings. The van der Waals surface area contributed by atoms with Crippen LogP contribution in [0.3, 0.4) is 0 Å². The number of rotatable bonds is 6. The Hall–Kier alpha value is -1.26. The molecule has 0 heterocycles. The lowest BCUT2D eigenvalue weighted by Gasteiger charge is -2.23. The van der Waals surface area contributed by atoms with E-state index >= 15 is 0 Å². The van der Waals surface area contributed by atoms with Gasteiger partial charge < -0.3 is 9.84 Å². The zero-order valence-electron chi connectivity index (χ0n) is 10.8. The van der Waals surface area contributed by atoms with Crippen LogP contribution in [-0.4, -0.2) is 36.2 Å². The third-order valence-electron chi connectivity index (χ3n) is 2.85. The molecular formula is C13H18ClNO3. The SMILES string of the molecule is CCC(C(=O)O)N(C)Cc1ccc(OC)c(Cl)c1. The summed E-state index contributed by atoms with van der Waals surface area (Å²) in [6.07, 6.45) is 0.565. The molecular weight excluding hydrogens is 254 g/mol. The van der Waals surface area contributed by atoms with Gasteiger partial charge in [0.2, 0.25) is 0 Å². The Morgan fingerprint density at radius 1 is 1.56 bits per heavy atom. The summed E-state index contributed by atoms with van der Waals surface area (Å²) in [7, 11) is 3.35. The predicted molar refractivity (Wildman–Crippen MR) is 71.2 cm³/mol. The summed E-state index contributed by atoms with van der Waals surface area (Å²) in [4.78, 5) is 12.8. The van der Waals surface area contributed by atoms with Gasteiger partial charge in [0.1, 0.15) is 11.8 Å². The highest BCUT2D eigenvalue weighted by atomic mass is 35.5. The summed E-state index contributed by atoms with van der Waals surface area (Å²) in [6.45, 7) is 2.39. The summed E-state index contributed by atoms with van der Waals surface area (Å²) >= 11 is 6.03. The maximum Gasteiger partial charge on any atom is 0.320 e. The number of hydrogen-bond acceptors (Lipinski definition) is 3. The van der Waals surface area contributed by atoms with E-state index in [1.165, 1.54) is 0 Å². The number of nitrogens with zero attached hydrogens (tertiary/aromatic N) is 1. The summed E-state index contributed by atoms with van der Waals surface area (Å²) in [5.74, 6) is -0.187. The molecule has 1 aromatic carbocycles. The van der Waals surface area contributed by atoms with E-state index in [1.807, 2.05) is 13.0 Å². The Morgan fingerprint density at radius 3 is 2.67 bits per heavy atom. The monoisotopic (exact) mass is 271 g/mol. The van der Waals surface area contributed by atoms with Gasteiger partial charge in [0.05, 0.1) is 12.1 Å². The zero-order valence-corrected chi connectivity index (χ0v) is 11.6. The van der Waals surface area contributed by atoms with Crippen LogP contribution in [0.15, 0.2) is 18.2 Å². The van der Waals surface area contributed by atoms with Crippen LogP contribution >= 0.6 is 11.6 Å². The van der Waals surface area contributed by atoms with Crippen LogP contribution in [-0.2, 0) is 11.3 Å². The van der Waals surface area contributed by atoms with E-state index in [2.05, 4.69) is 0 Å². The number of methoxy groups -OCH3 is 1. The van der Waals surface area contributed by atoms with E-state index in [4.69, 9.17) is 21.4 Å². The second-order valence-electron chi connectivity index (χ2n) is 4.15. The maximum absolute atomic E-state index is 11.0. The second kappa shape index (κ2) is 6.61. The Kier molecular flexibility index (Phi) is 5.44. The van der Waals surface area contributed by atoms with Crippen LogP contribution in [0.1, 0.15) is 18.9 Å². The molecule has 0 aliphatic heterocycles. The molecule has 100 valence electrons. The van der Waals surface area contributed by atoms with Gasteiger partial charge in [-0.25, -0.2) is 0 Å². The molecule has 5 heteroatoms. The van der Waals surface area contributed by atoms with E-state index in [0.717, 1.165) is 5.56 Å². The lowest BCUT2D eigenvalue weighted by molar-refractivity contribution is -0.143. The molecule has 0 bridgehead atoms. The first kappa shape index (κ1) is 14.8. The molecule has 4 nitrogen and oxygen atoms in total. The standard InChI is InChI=1S/C13H18ClNO3/c1-4-11(13(16)17)15(2)8-9-5-6-12(18-3)10(14)7-9/h5-7,11H,4,8H2,1-3H3,(H,16,17). The van der Waals surface area contributed by atoms with Crippen LogP contribution in [0.4, 0.5) is 0 Å². The topological polar surface area (TPSA) is 49.8 Å². The quantitative estimate of drug-likeness (QED) is 0.864. The minimum absolute atomic E-state index is 0.481. The molecule has 1 N–H and O–H groups in total. The maximum atomic E-state index is 11.0. The van der Waals surface area contributed by atoms with E-state index in [-0.39, 0.29) is 0 Å². The number of benzene rings is 1. The number of carboxylic acid groups (broad SMARTS) is 1. The van der Waals surface area contributed by atoms with Gasteiger partial charge in [0.25, 0.3) is 0 Å². The second-order valence-corrected chi connectivity index (χ2v) is 4.55. The van der Waals surface area contributed by atoms with Crippen LogP contribution in [0.2, 0.25) is 5.02 Å². The van der Waals surface area contributed by atoms with Crippen molar-refractivity contribution < 1.29 is 14.6 Å². The van der Waals surface area contributed by atoms with Gasteiger partial charge in [-0.05, 0) is 31.2 Å². The molecule has 0 aromatic heterocycles. The predicted octanol–water partition coefficient (Wildman–Crippen LogP) is 2.64. The first-order chi connectivity index (χ1) is 8.49. The van der Waals surface area contributed by atoms with Crippen molar-refractivity contribution in [2.45, 2.75) is 25.9 Å². The molecule has 1 atom stereocenters. The van der Waals surface area contributed by atoms with Crippen molar-refractivity contribution in [3.05, 3.63) is 28.8 Å². The summed E-state index contributed by atoms with van der Waals surface area (Å²) in [5.41, 5.74) is 0.961. The van der Waals surface area contributed by atoms with E-state index in [9.17, 15) is 4.79 Å². The van der Waals surface area contributed by atoms with Gasteiger partial charge in [-0.15, -0.1) is 0 Å². The van der Waals surface area contributed by atoms with Crippen LogP contribution in [0.25, 0.3) is 0 Å². The molecule has 0 fully saturated rings.